The second-order valence-electron chi connectivity index (χ2n) is 8.52. The Bertz CT molecular complexity index is 952. The zero-order valence-corrected chi connectivity index (χ0v) is 20.0. The van der Waals surface area contributed by atoms with E-state index in [0.29, 0.717) is 5.56 Å². The number of nitrogens with one attached hydrogen (secondary N) is 3. The standard InChI is InChI=1S/C23H32N4O9/c1-12(2)19(27-20(32)14(24)8-9-17(28)29)22(34)25-15(10-13-6-4-3-5-7-13)21(33)26-16(23(35)36)11-18(30)31/h3-7,12,14-16,19H,8-11,24H2,1-2H3,(H,25,34)(H,26,33)(H,27,32)(H,28,29)(H,30,31)(H,35,36). The van der Waals surface area contributed by atoms with Crippen molar-refractivity contribution in [3.05, 3.63) is 35.9 Å². The third kappa shape index (κ3) is 10.5. The highest BCUT2D eigenvalue weighted by molar-refractivity contribution is 5.95. The highest BCUT2D eigenvalue weighted by Gasteiger charge is 2.32. The number of carboxylic acids is 3. The molecule has 0 bridgehead atoms. The van der Waals surface area contributed by atoms with Gasteiger partial charge in [-0.3, -0.25) is 24.0 Å². The van der Waals surface area contributed by atoms with Crippen LogP contribution in [0.4, 0.5) is 0 Å². The second-order valence-corrected chi connectivity index (χ2v) is 8.52. The van der Waals surface area contributed by atoms with Crippen molar-refractivity contribution in [2.75, 3.05) is 0 Å². The van der Waals surface area contributed by atoms with Crippen LogP contribution in [0.25, 0.3) is 0 Å². The Morgan fingerprint density at radius 1 is 0.806 bits per heavy atom. The zero-order chi connectivity index (χ0) is 27.4. The summed E-state index contributed by atoms with van der Waals surface area (Å²) in [5.41, 5.74) is 6.34. The van der Waals surface area contributed by atoms with Gasteiger partial charge in [0, 0.05) is 12.8 Å². The van der Waals surface area contributed by atoms with Gasteiger partial charge >= 0.3 is 17.9 Å². The summed E-state index contributed by atoms with van der Waals surface area (Å²) in [5, 5.41) is 34.0. The Kier molecular flexibility index (Phi) is 12.0. The Balaban J connectivity index is 3.07. The van der Waals surface area contributed by atoms with Crippen LogP contribution in [0.3, 0.4) is 0 Å². The molecule has 0 spiro atoms. The van der Waals surface area contributed by atoms with Gasteiger partial charge in [0.1, 0.15) is 18.1 Å². The van der Waals surface area contributed by atoms with Crippen molar-refractivity contribution in [1.82, 2.24) is 16.0 Å². The summed E-state index contributed by atoms with van der Waals surface area (Å²) in [5.74, 6) is -7.01. The van der Waals surface area contributed by atoms with E-state index in [2.05, 4.69) is 16.0 Å². The number of aliphatic carboxylic acids is 3. The van der Waals surface area contributed by atoms with Crippen LogP contribution in [0.2, 0.25) is 0 Å². The van der Waals surface area contributed by atoms with Crippen molar-refractivity contribution < 1.29 is 44.1 Å². The lowest BCUT2D eigenvalue weighted by Gasteiger charge is -2.27. The van der Waals surface area contributed by atoms with E-state index in [1.54, 1.807) is 44.2 Å². The minimum absolute atomic E-state index is 0.0469. The van der Waals surface area contributed by atoms with Crippen LogP contribution < -0.4 is 21.7 Å². The number of amides is 3. The van der Waals surface area contributed by atoms with Gasteiger partial charge < -0.3 is 37.0 Å². The third-order valence-corrected chi connectivity index (χ3v) is 5.16. The number of carboxylic acid groups (broad SMARTS) is 3. The Hall–Kier alpha value is -4.00. The summed E-state index contributed by atoms with van der Waals surface area (Å²) in [6.07, 6.45) is -1.40. The van der Waals surface area contributed by atoms with E-state index in [-0.39, 0.29) is 19.3 Å². The van der Waals surface area contributed by atoms with Crippen LogP contribution in [0.1, 0.15) is 38.7 Å². The number of hydrogen-bond acceptors (Lipinski definition) is 7. The molecule has 4 atom stereocenters. The molecule has 0 fully saturated rings. The molecule has 0 aliphatic rings. The minimum atomic E-state index is -1.72. The number of carbonyl (C=O) groups excluding carboxylic acids is 3. The molecule has 0 radical (unpaired) electrons. The molecule has 0 saturated heterocycles. The summed E-state index contributed by atoms with van der Waals surface area (Å²) in [6, 6.07) is 3.16. The van der Waals surface area contributed by atoms with Gasteiger partial charge in [0.2, 0.25) is 17.7 Å². The molecule has 0 aliphatic carbocycles. The summed E-state index contributed by atoms with van der Waals surface area (Å²) >= 11 is 0. The minimum Gasteiger partial charge on any atom is -0.481 e. The van der Waals surface area contributed by atoms with Crippen molar-refractivity contribution >= 4 is 35.6 Å². The van der Waals surface area contributed by atoms with Crippen molar-refractivity contribution in [3.63, 3.8) is 0 Å². The van der Waals surface area contributed by atoms with E-state index < -0.39 is 72.1 Å². The van der Waals surface area contributed by atoms with Crippen LogP contribution in [-0.4, -0.2) is 75.1 Å². The molecule has 13 nitrogen and oxygen atoms in total. The average molecular weight is 509 g/mol. The maximum absolute atomic E-state index is 13.1. The zero-order valence-electron chi connectivity index (χ0n) is 20.0. The molecule has 4 unspecified atom stereocenters. The fourth-order valence-electron chi connectivity index (χ4n) is 3.17. The van der Waals surface area contributed by atoms with E-state index >= 15 is 0 Å². The first-order valence-electron chi connectivity index (χ1n) is 11.2. The van der Waals surface area contributed by atoms with Crippen LogP contribution in [-0.2, 0) is 35.2 Å². The lowest BCUT2D eigenvalue weighted by Crippen LogP contribution is -2.59. The van der Waals surface area contributed by atoms with E-state index in [1.165, 1.54) is 0 Å². The summed E-state index contributed by atoms with van der Waals surface area (Å²) in [6.45, 7) is 3.26. The molecule has 0 saturated carbocycles. The average Bonchev–Trinajstić information content (AvgIpc) is 2.79. The van der Waals surface area contributed by atoms with Gasteiger partial charge in [0.25, 0.3) is 0 Å². The fourth-order valence-corrected chi connectivity index (χ4v) is 3.17. The molecule has 0 heterocycles. The second kappa shape index (κ2) is 14.4. The molecule has 198 valence electrons. The maximum Gasteiger partial charge on any atom is 0.326 e. The van der Waals surface area contributed by atoms with Crippen molar-refractivity contribution in [2.45, 2.75) is 63.7 Å². The molecule has 0 aromatic heterocycles. The molecule has 1 rings (SSSR count). The van der Waals surface area contributed by atoms with Gasteiger partial charge in [0.15, 0.2) is 0 Å². The SMILES string of the molecule is CC(C)C(NC(=O)C(N)CCC(=O)O)C(=O)NC(Cc1ccccc1)C(=O)NC(CC(=O)O)C(=O)O. The van der Waals surface area contributed by atoms with Gasteiger partial charge in [-0.25, -0.2) is 4.79 Å². The predicted molar refractivity (Wildman–Crippen MR) is 126 cm³/mol. The first-order valence-corrected chi connectivity index (χ1v) is 11.2. The normalized spacial score (nSPS) is 14.1. The third-order valence-electron chi connectivity index (χ3n) is 5.16. The molecular formula is C23H32N4O9. The summed E-state index contributed by atoms with van der Waals surface area (Å²) in [4.78, 5) is 71.4. The molecule has 13 heteroatoms. The van der Waals surface area contributed by atoms with Crippen LogP contribution in [0, 0.1) is 5.92 Å². The highest BCUT2D eigenvalue weighted by Crippen LogP contribution is 2.08. The molecule has 1 aromatic carbocycles. The first-order chi connectivity index (χ1) is 16.8. The van der Waals surface area contributed by atoms with Crippen molar-refractivity contribution in [3.8, 4) is 0 Å². The summed E-state index contributed by atoms with van der Waals surface area (Å²) < 4.78 is 0. The van der Waals surface area contributed by atoms with Crippen molar-refractivity contribution in [2.24, 2.45) is 11.7 Å². The molecule has 3 amide bonds. The number of nitrogens with two attached hydrogens (primary N) is 1. The lowest BCUT2D eigenvalue weighted by molar-refractivity contribution is -0.147. The van der Waals surface area contributed by atoms with Gasteiger partial charge in [-0.05, 0) is 17.9 Å². The number of benzene rings is 1. The fraction of sp³-hybridized carbons (Fsp3) is 0.478. The number of hydrogen-bond donors (Lipinski definition) is 7. The molecular weight excluding hydrogens is 476 g/mol. The van der Waals surface area contributed by atoms with Gasteiger partial charge in [-0.2, -0.15) is 0 Å². The molecule has 36 heavy (non-hydrogen) atoms. The topological polar surface area (TPSA) is 225 Å². The van der Waals surface area contributed by atoms with Gasteiger partial charge in [-0.1, -0.05) is 44.2 Å². The van der Waals surface area contributed by atoms with E-state index in [4.69, 9.17) is 15.9 Å². The van der Waals surface area contributed by atoms with Crippen LogP contribution >= 0.6 is 0 Å². The number of carbonyl (C=O) groups is 6. The Morgan fingerprint density at radius 2 is 1.39 bits per heavy atom. The molecule has 1 aromatic rings. The highest BCUT2D eigenvalue weighted by atomic mass is 16.4. The van der Waals surface area contributed by atoms with E-state index in [9.17, 15) is 33.9 Å². The monoisotopic (exact) mass is 508 g/mol. The van der Waals surface area contributed by atoms with Gasteiger partial charge in [0.05, 0.1) is 12.5 Å². The lowest BCUT2D eigenvalue weighted by atomic mass is 10.00. The smallest absolute Gasteiger partial charge is 0.326 e. The first kappa shape index (κ1) is 30.0. The largest absolute Gasteiger partial charge is 0.481 e. The van der Waals surface area contributed by atoms with E-state index in [0.717, 1.165) is 0 Å². The quantitative estimate of drug-likeness (QED) is 0.154. The van der Waals surface area contributed by atoms with E-state index in [1.807, 2.05) is 0 Å². The number of rotatable bonds is 15. The van der Waals surface area contributed by atoms with Crippen LogP contribution in [0.5, 0.6) is 0 Å². The van der Waals surface area contributed by atoms with Gasteiger partial charge in [-0.15, -0.1) is 0 Å². The molecule has 8 N–H and O–H groups in total. The molecule has 0 aliphatic heterocycles. The van der Waals surface area contributed by atoms with Crippen LogP contribution in [0.15, 0.2) is 30.3 Å². The maximum atomic E-state index is 13.1. The Labute approximate surface area is 207 Å². The summed E-state index contributed by atoms with van der Waals surface area (Å²) in [7, 11) is 0. The van der Waals surface area contributed by atoms with Crippen molar-refractivity contribution in [1.29, 1.82) is 0 Å². The Morgan fingerprint density at radius 3 is 1.89 bits per heavy atom. The predicted octanol–water partition coefficient (Wildman–Crippen LogP) is -0.909.